The lowest BCUT2D eigenvalue weighted by atomic mass is 9.93. The fourth-order valence-corrected chi connectivity index (χ4v) is 6.90. The molecule has 0 saturated carbocycles. The Hall–Kier alpha value is -5.61. The van der Waals surface area contributed by atoms with Crippen molar-refractivity contribution in [2.45, 2.75) is 13.8 Å². The van der Waals surface area contributed by atoms with Gasteiger partial charge in [0.1, 0.15) is 0 Å². The summed E-state index contributed by atoms with van der Waals surface area (Å²) < 4.78 is 25.6. The molecule has 0 atom stereocenters. The van der Waals surface area contributed by atoms with Crippen molar-refractivity contribution in [3.05, 3.63) is 103 Å². The van der Waals surface area contributed by atoms with Crippen LogP contribution in [0.1, 0.15) is 55.3 Å². The molecule has 2 aliphatic heterocycles. The molecule has 0 saturated heterocycles. The lowest BCUT2D eigenvalue weighted by molar-refractivity contribution is -0.384. The molecule has 2 heterocycles. The molecule has 6 rings (SSSR count). The molecule has 0 bridgehead atoms. The van der Waals surface area contributed by atoms with Gasteiger partial charge >= 0.3 is 0 Å². The first-order chi connectivity index (χ1) is 22.9. The van der Waals surface area contributed by atoms with Gasteiger partial charge in [-0.15, -0.1) is 0 Å². The van der Waals surface area contributed by atoms with E-state index in [0.29, 0.717) is 16.2 Å². The number of nitro benzene ring substituents is 2. The quantitative estimate of drug-likeness (QED) is 0.105. The molecule has 1 N–H and O–H groups in total. The van der Waals surface area contributed by atoms with E-state index < -0.39 is 61.4 Å². The molecule has 16 heteroatoms. The minimum atomic E-state index is -3.81. The van der Waals surface area contributed by atoms with Crippen molar-refractivity contribution in [1.29, 1.82) is 0 Å². The highest BCUT2D eigenvalue weighted by Gasteiger charge is 2.36. The summed E-state index contributed by atoms with van der Waals surface area (Å²) in [6.07, 6.45) is 0. The van der Waals surface area contributed by atoms with Gasteiger partial charge < -0.3 is 5.32 Å². The number of carbonyl (C=O) groups excluding carboxylic acids is 4. The van der Waals surface area contributed by atoms with Crippen molar-refractivity contribution in [3.63, 3.8) is 0 Å². The van der Waals surface area contributed by atoms with Crippen LogP contribution in [0.15, 0.2) is 60.7 Å². The van der Waals surface area contributed by atoms with Gasteiger partial charge in [0.2, 0.25) is 0 Å². The first-order valence-corrected chi connectivity index (χ1v) is 16.8. The molecule has 4 amide bonds. The van der Waals surface area contributed by atoms with Crippen LogP contribution in [0.25, 0.3) is 21.5 Å². The molecule has 4 aromatic carbocycles. The topological polar surface area (TPSA) is 207 Å². The van der Waals surface area contributed by atoms with Crippen LogP contribution < -0.4 is 5.32 Å². The number of benzene rings is 4. The van der Waals surface area contributed by atoms with Crippen LogP contribution in [0.5, 0.6) is 0 Å². The van der Waals surface area contributed by atoms with E-state index in [1.54, 1.807) is 18.2 Å². The molecule has 0 aromatic heterocycles. The van der Waals surface area contributed by atoms with Crippen molar-refractivity contribution in [1.82, 2.24) is 15.1 Å². The van der Waals surface area contributed by atoms with E-state index >= 15 is 0 Å². The molecule has 4 aromatic rings. The number of amides is 4. The minimum Gasteiger partial charge on any atom is -0.314 e. The van der Waals surface area contributed by atoms with E-state index in [4.69, 9.17) is 0 Å². The smallest absolute Gasteiger partial charge is 0.270 e. The summed E-state index contributed by atoms with van der Waals surface area (Å²) in [7, 11) is -3.81. The maximum Gasteiger partial charge on any atom is 0.270 e. The third-order valence-corrected chi connectivity index (χ3v) is 9.61. The summed E-state index contributed by atoms with van der Waals surface area (Å²) in [5.74, 6) is -3.77. The second-order valence-electron chi connectivity index (χ2n) is 10.7. The van der Waals surface area contributed by atoms with E-state index in [-0.39, 0.29) is 58.6 Å². The molecule has 0 aliphatic carbocycles. The number of nitrogens with one attached hydrogen (secondary N) is 1. The summed E-state index contributed by atoms with van der Waals surface area (Å²) in [5.41, 5.74) is -0.306. The zero-order valence-electron chi connectivity index (χ0n) is 25.8. The first-order valence-electron chi connectivity index (χ1n) is 14.9. The number of rotatable bonds is 11. The molecule has 0 radical (unpaired) electrons. The Bertz CT molecular complexity index is 2170. The van der Waals surface area contributed by atoms with Crippen LogP contribution in [0.2, 0.25) is 0 Å². The third kappa shape index (κ3) is 6.10. The maximum atomic E-state index is 13.2. The van der Waals surface area contributed by atoms with Gasteiger partial charge in [0, 0.05) is 72.3 Å². The van der Waals surface area contributed by atoms with Gasteiger partial charge in [-0.1, -0.05) is 38.1 Å². The minimum absolute atomic E-state index is 0.0237. The van der Waals surface area contributed by atoms with Crippen LogP contribution >= 0.6 is 0 Å². The predicted molar refractivity (Wildman–Crippen MR) is 175 cm³/mol. The average Bonchev–Trinajstić information content (AvgIpc) is 3.07. The number of nitrogens with zero attached hydrogens (tertiary/aromatic N) is 4. The van der Waals surface area contributed by atoms with E-state index in [9.17, 15) is 47.8 Å². The standard InChI is InChI=1S/C30H23N5O10S.C2H6/c36-27-21-5-1-3-17-13-19(34(40)41)15-23(25(17)21)29(38)32(27)9-7-31-8-11-46(44,45)12-10-33-28(37)22-6-2-4-18-14-20(35(42)43)16-24(26(18)22)30(33)39;1-2/h1-6,13-16,31H,7-12H2;1-2H3. The van der Waals surface area contributed by atoms with Gasteiger partial charge in [0.15, 0.2) is 9.84 Å². The summed E-state index contributed by atoms with van der Waals surface area (Å²) >= 11 is 0. The first kappa shape index (κ1) is 33.7. The SMILES string of the molecule is CC.O=C1c2cccc3cc([N+](=O)[O-])cc(c23)C(=O)N1CCNCCS(=O)(=O)CCN1C(=O)c2cccc3cc([N+](=O)[O-])cc(c23)C1=O. The molecule has 2 aliphatic rings. The van der Waals surface area contributed by atoms with Crippen molar-refractivity contribution >= 4 is 66.4 Å². The fraction of sp³-hybridized carbons (Fsp3) is 0.250. The lowest BCUT2D eigenvalue weighted by Gasteiger charge is -2.27. The Kier molecular flexibility index (Phi) is 9.31. The predicted octanol–water partition coefficient (Wildman–Crippen LogP) is 3.73. The zero-order valence-corrected chi connectivity index (χ0v) is 26.6. The van der Waals surface area contributed by atoms with E-state index in [1.807, 2.05) is 13.8 Å². The number of sulfone groups is 1. The number of hydrogen-bond donors (Lipinski definition) is 1. The van der Waals surface area contributed by atoms with E-state index in [0.717, 1.165) is 21.9 Å². The van der Waals surface area contributed by atoms with Crippen LogP contribution in [0.4, 0.5) is 11.4 Å². The molecule has 0 spiro atoms. The molecule has 0 unspecified atom stereocenters. The summed E-state index contributed by atoms with van der Waals surface area (Å²) in [6.45, 7) is 3.35. The maximum absolute atomic E-state index is 13.2. The highest BCUT2D eigenvalue weighted by atomic mass is 32.2. The second kappa shape index (κ2) is 13.2. The number of nitro groups is 2. The molecule has 0 fully saturated rings. The van der Waals surface area contributed by atoms with Crippen LogP contribution in [0.3, 0.4) is 0 Å². The number of non-ortho nitro benzene ring substituents is 2. The molecule has 48 heavy (non-hydrogen) atoms. The van der Waals surface area contributed by atoms with Gasteiger partial charge in [-0.05, 0) is 22.9 Å². The Balaban J connectivity index is 0.00000221. The number of carbonyl (C=O) groups is 4. The Morgan fingerprint density at radius 3 is 1.52 bits per heavy atom. The van der Waals surface area contributed by atoms with Crippen molar-refractivity contribution in [3.8, 4) is 0 Å². The number of imide groups is 2. The highest BCUT2D eigenvalue weighted by Crippen LogP contribution is 2.34. The van der Waals surface area contributed by atoms with Crippen molar-refractivity contribution in [2.75, 3.05) is 37.7 Å². The highest BCUT2D eigenvalue weighted by molar-refractivity contribution is 7.91. The Labute approximate surface area is 273 Å². The Morgan fingerprint density at radius 1 is 0.625 bits per heavy atom. The van der Waals surface area contributed by atoms with Gasteiger partial charge in [0.05, 0.1) is 32.5 Å². The van der Waals surface area contributed by atoms with E-state index in [1.165, 1.54) is 30.3 Å². The monoisotopic (exact) mass is 675 g/mol. The summed E-state index contributed by atoms with van der Waals surface area (Å²) in [5, 5.41) is 27.0. The van der Waals surface area contributed by atoms with Gasteiger partial charge in [-0.3, -0.25) is 49.2 Å². The molecular formula is C32H29N5O10S. The average molecular weight is 676 g/mol. The van der Waals surface area contributed by atoms with Gasteiger partial charge in [-0.25, -0.2) is 8.42 Å². The Morgan fingerprint density at radius 2 is 1.06 bits per heavy atom. The molecule has 248 valence electrons. The zero-order chi connectivity index (χ0) is 34.9. The van der Waals surface area contributed by atoms with Crippen LogP contribution in [-0.4, -0.2) is 89.4 Å². The summed E-state index contributed by atoms with van der Waals surface area (Å²) in [4.78, 5) is 75.7. The fourth-order valence-electron chi connectivity index (χ4n) is 5.78. The number of hydrogen-bond acceptors (Lipinski definition) is 11. The normalized spacial score (nSPS) is 14.0. The largest absolute Gasteiger partial charge is 0.314 e. The van der Waals surface area contributed by atoms with Crippen LogP contribution in [-0.2, 0) is 9.84 Å². The van der Waals surface area contributed by atoms with E-state index in [2.05, 4.69) is 5.32 Å². The van der Waals surface area contributed by atoms with Crippen molar-refractivity contribution < 1.29 is 37.4 Å². The van der Waals surface area contributed by atoms with Crippen LogP contribution in [0, 0.1) is 20.2 Å². The second-order valence-corrected chi connectivity index (χ2v) is 13.0. The molecule has 15 nitrogen and oxygen atoms in total. The third-order valence-electron chi connectivity index (χ3n) is 7.98. The summed E-state index contributed by atoms with van der Waals surface area (Å²) in [6, 6.07) is 14.0. The van der Waals surface area contributed by atoms with Crippen molar-refractivity contribution in [2.24, 2.45) is 0 Å². The van der Waals surface area contributed by atoms with Gasteiger partial charge in [-0.2, -0.15) is 0 Å². The lowest BCUT2D eigenvalue weighted by Crippen LogP contribution is -2.44. The van der Waals surface area contributed by atoms with Gasteiger partial charge in [0.25, 0.3) is 35.0 Å². The molecular weight excluding hydrogens is 646 g/mol.